The Balaban J connectivity index is 2.12. The molecule has 9 heteroatoms. The summed E-state index contributed by atoms with van der Waals surface area (Å²) in [6, 6.07) is 0. The summed E-state index contributed by atoms with van der Waals surface area (Å²) in [5.41, 5.74) is 1.26. The number of sulfonamides is 1. The van der Waals surface area contributed by atoms with Gasteiger partial charge in [-0.1, -0.05) is 0 Å². The van der Waals surface area contributed by atoms with Crippen molar-refractivity contribution in [1.82, 2.24) is 9.71 Å². The fraction of sp³-hybridized carbons (Fsp3) is 0.333. The molecule has 114 valence electrons. The zero-order chi connectivity index (χ0) is 15.6. The molecule has 0 saturated heterocycles. The van der Waals surface area contributed by atoms with E-state index in [4.69, 9.17) is 5.11 Å². The van der Waals surface area contributed by atoms with Crippen molar-refractivity contribution in [3.63, 3.8) is 0 Å². The van der Waals surface area contributed by atoms with E-state index in [1.54, 1.807) is 6.92 Å². The van der Waals surface area contributed by atoms with E-state index in [1.807, 2.05) is 12.3 Å². The number of aromatic carboxylic acids is 1. The predicted molar refractivity (Wildman–Crippen MR) is 81.8 cm³/mol. The Morgan fingerprint density at radius 2 is 2.05 bits per heavy atom. The van der Waals surface area contributed by atoms with Crippen LogP contribution in [0.15, 0.2) is 15.7 Å². The normalized spacial score (nSPS) is 11.7. The van der Waals surface area contributed by atoms with Crippen LogP contribution in [0.3, 0.4) is 0 Å². The zero-order valence-electron chi connectivity index (χ0n) is 11.4. The average Bonchev–Trinajstić information content (AvgIpc) is 2.95. The first-order chi connectivity index (χ1) is 9.81. The van der Waals surface area contributed by atoms with Gasteiger partial charge in [-0.15, -0.1) is 22.7 Å². The fourth-order valence-electron chi connectivity index (χ4n) is 1.82. The molecule has 0 aliphatic carbocycles. The van der Waals surface area contributed by atoms with Gasteiger partial charge in [-0.25, -0.2) is 22.9 Å². The molecule has 2 rings (SSSR count). The number of carboxylic acid groups (broad SMARTS) is 1. The van der Waals surface area contributed by atoms with E-state index < -0.39 is 16.0 Å². The summed E-state index contributed by atoms with van der Waals surface area (Å²) in [5, 5.41) is 13.4. The van der Waals surface area contributed by atoms with Crippen molar-refractivity contribution in [3.05, 3.63) is 31.9 Å². The number of hydrogen-bond acceptors (Lipinski definition) is 6. The molecule has 0 radical (unpaired) electrons. The van der Waals surface area contributed by atoms with E-state index in [0.717, 1.165) is 22.0 Å². The minimum Gasteiger partial charge on any atom is -0.477 e. The van der Waals surface area contributed by atoms with E-state index in [2.05, 4.69) is 9.71 Å². The van der Waals surface area contributed by atoms with Gasteiger partial charge in [0.15, 0.2) is 0 Å². The highest BCUT2D eigenvalue weighted by atomic mass is 32.2. The van der Waals surface area contributed by atoms with E-state index in [9.17, 15) is 13.2 Å². The van der Waals surface area contributed by atoms with Gasteiger partial charge in [-0.05, 0) is 24.8 Å². The SMILES string of the molecule is Cc1nc(CCNS(=O)(=O)c2c(C)csc2C(=O)O)cs1. The second-order valence-corrected chi connectivity index (χ2v) is 8.03. The van der Waals surface area contributed by atoms with Gasteiger partial charge in [0.1, 0.15) is 9.77 Å². The Morgan fingerprint density at radius 3 is 2.62 bits per heavy atom. The van der Waals surface area contributed by atoms with Crippen molar-refractivity contribution in [2.24, 2.45) is 0 Å². The first kappa shape index (κ1) is 16.1. The molecule has 0 saturated carbocycles. The van der Waals surface area contributed by atoms with Crippen molar-refractivity contribution in [1.29, 1.82) is 0 Å². The Hall–Kier alpha value is -1.29. The molecule has 2 aromatic heterocycles. The summed E-state index contributed by atoms with van der Waals surface area (Å²) < 4.78 is 26.9. The first-order valence-electron chi connectivity index (χ1n) is 6.03. The molecule has 0 atom stereocenters. The molecule has 2 N–H and O–H groups in total. The Kier molecular flexibility index (Phi) is 4.77. The third kappa shape index (κ3) is 3.67. The van der Waals surface area contributed by atoms with E-state index in [-0.39, 0.29) is 16.3 Å². The lowest BCUT2D eigenvalue weighted by molar-refractivity contribution is 0.0698. The third-order valence-corrected chi connectivity index (χ3v) is 6.41. The summed E-state index contributed by atoms with van der Waals surface area (Å²) in [4.78, 5) is 15.0. The number of carbonyl (C=O) groups is 1. The maximum atomic E-state index is 12.2. The maximum absolute atomic E-state index is 12.2. The summed E-state index contributed by atoms with van der Waals surface area (Å²) >= 11 is 2.42. The molecule has 2 heterocycles. The van der Waals surface area contributed by atoms with Crippen LogP contribution in [0.4, 0.5) is 0 Å². The van der Waals surface area contributed by atoms with Crippen LogP contribution < -0.4 is 4.72 Å². The molecule has 6 nitrogen and oxygen atoms in total. The minimum atomic E-state index is -3.83. The van der Waals surface area contributed by atoms with Crippen LogP contribution in [0.2, 0.25) is 0 Å². The molecule has 2 aromatic rings. The second kappa shape index (κ2) is 6.22. The number of aryl methyl sites for hydroxylation is 2. The standard InChI is InChI=1S/C12H14N2O4S3/c1-7-5-20-10(12(15)16)11(7)21(17,18)13-4-3-9-6-19-8(2)14-9/h5-6,13H,3-4H2,1-2H3,(H,15,16). The van der Waals surface area contributed by atoms with Gasteiger partial charge >= 0.3 is 5.97 Å². The number of aromatic nitrogens is 1. The molecular weight excluding hydrogens is 332 g/mol. The van der Waals surface area contributed by atoms with E-state index in [1.165, 1.54) is 16.7 Å². The monoisotopic (exact) mass is 346 g/mol. The highest BCUT2D eigenvalue weighted by molar-refractivity contribution is 7.89. The van der Waals surface area contributed by atoms with Gasteiger partial charge in [0.05, 0.1) is 10.7 Å². The Morgan fingerprint density at radius 1 is 1.33 bits per heavy atom. The van der Waals surface area contributed by atoms with Crippen LogP contribution in [-0.2, 0) is 16.4 Å². The Labute approximate surface area is 130 Å². The van der Waals surface area contributed by atoms with Crippen molar-refractivity contribution in [2.75, 3.05) is 6.54 Å². The lowest BCUT2D eigenvalue weighted by Gasteiger charge is -2.07. The summed E-state index contributed by atoms with van der Waals surface area (Å²) in [7, 11) is -3.83. The average molecular weight is 346 g/mol. The van der Waals surface area contributed by atoms with Crippen molar-refractivity contribution in [2.45, 2.75) is 25.2 Å². The molecular formula is C12H14N2O4S3. The van der Waals surface area contributed by atoms with E-state index >= 15 is 0 Å². The third-order valence-electron chi connectivity index (χ3n) is 2.72. The van der Waals surface area contributed by atoms with Gasteiger partial charge in [-0.3, -0.25) is 0 Å². The Bertz CT molecular complexity index is 761. The highest BCUT2D eigenvalue weighted by Crippen LogP contribution is 2.26. The summed E-state index contributed by atoms with van der Waals surface area (Å²) in [5.74, 6) is -1.23. The zero-order valence-corrected chi connectivity index (χ0v) is 13.9. The van der Waals surface area contributed by atoms with Crippen molar-refractivity contribution in [3.8, 4) is 0 Å². The van der Waals surface area contributed by atoms with Gasteiger partial charge < -0.3 is 5.11 Å². The predicted octanol–water partition coefficient (Wildman–Crippen LogP) is 2.04. The van der Waals surface area contributed by atoms with Crippen molar-refractivity contribution < 1.29 is 18.3 Å². The summed E-state index contributed by atoms with van der Waals surface area (Å²) in [6.45, 7) is 3.65. The van der Waals surface area contributed by atoms with Gasteiger partial charge in [0.2, 0.25) is 10.0 Å². The van der Waals surface area contributed by atoms with Crippen LogP contribution in [0.25, 0.3) is 0 Å². The number of thiophene rings is 1. The molecule has 0 spiro atoms. The number of hydrogen-bond donors (Lipinski definition) is 2. The quantitative estimate of drug-likeness (QED) is 0.834. The van der Waals surface area contributed by atoms with Crippen LogP contribution >= 0.6 is 22.7 Å². The van der Waals surface area contributed by atoms with Crippen LogP contribution in [0.5, 0.6) is 0 Å². The number of nitrogens with one attached hydrogen (secondary N) is 1. The topological polar surface area (TPSA) is 96.4 Å². The molecule has 0 aliphatic heterocycles. The van der Waals surface area contributed by atoms with Crippen LogP contribution in [0, 0.1) is 13.8 Å². The van der Waals surface area contributed by atoms with Crippen molar-refractivity contribution >= 4 is 38.7 Å². The van der Waals surface area contributed by atoms with Gasteiger partial charge in [0.25, 0.3) is 0 Å². The van der Waals surface area contributed by atoms with Gasteiger partial charge in [-0.2, -0.15) is 0 Å². The van der Waals surface area contributed by atoms with Gasteiger partial charge in [0, 0.05) is 18.3 Å². The molecule has 0 aliphatic rings. The first-order valence-corrected chi connectivity index (χ1v) is 9.27. The minimum absolute atomic E-state index is 0.144. The van der Waals surface area contributed by atoms with Crippen LogP contribution in [0.1, 0.15) is 25.9 Å². The largest absolute Gasteiger partial charge is 0.477 e. The molecule has 0 unspecified atom stereocenters. The smallest absolute Gasteiger partial charge is 0.347 e. The summed E-state index contributed by atoms with van der Waals surface area (Å²) in [6.07, 6.45) is 0.467. The fourth-order valence-corrected chi connectivity index (χ4v) is 5.13. The molecule has 21 heavy (non-hydrogen) atoms. The number of carboxylic acids is 1. The van der Waals surface area contributed by atoms with Crippen LogP contribution in [-0.4, -0.2) is 31.0 Å². The lowest BCUT2D eigenvalue weighted by atomic mass is 10.3. The molecule has 0 fully saturated rings. The molecule has 0 bridgehead atoms. The number of thiazole rings is 1. The lowest BCUT2D eigenvalue weighted by Crippen LogP contribution is -2.27. The highest BCUT2D eigenvalue weighted by Gasteiger charge is 2.26. The molecule has 0 aromatic carbocycles. The number of rotatable bonds is 6. The molecule has 0 amide bonds. The van der Waals surface area contributed by atoms with E-state index in [0.29, 0.717) is 12.0 Å². The maximum Gasteiger partial charge on any atom is 0.347 e. The second-order valence-electron chi connectivity index (χ2n) is 4.39. The number of nitrogens with zero attached hydrogens (tertiary/aromatic N) is 1.